The van der Waals surface area contributed by atoms with Crippen LogP contribution in [-0.4, -0.2) is 38.2 Å². The maximum Gasteiger partial charge on any atom is 0.329 e. The van der Waals surface area contributed by atoms with E-state index < -0.39 is 11.9 Å². The number of methoxy groups -OCH3 is 3. The van der Waals surface area contributed by atoms with E-state index in [2.05, 4.69) is 5.32 Å². The van der Waals surface area contributed by atoms with Crippen LogP contribution >= 0.6 is 0 Å². The van der Waals surface area contributed by atoms with Crippen molar-refractivity contribution in [2.24, 2.45) is 0 Å². The zero-order chi connectivity index (χ0) is 20.3. The summed E-state index contributed by atoms with van der Waals surface area (Å²) >= 11 is 0. The van der Waals surface area contributed by atoms with Crippen molar-refractivity contribution in [3.8, 4) is 17.2 Å². The molecule has 1 aliphatic heterocycles. The molecule has 0 unspecified atom stereocenters. The highest BCUT2D eigenvalue weighted by Gasteiger charge is 2.34. The molecule has 3 amide bonds. The van der Waals surface area contributed by atoms with Crippen LogP contribution in [0.1, 0.15) is 11.1 Å². The molecule has 1 heterocycles. The van der Waals surface area contributed by atoms with Crippen LogP contribution < -0.4 is 19.5 Å². The fourth-order valence-corrected chi connectivity index (χ4v) is 2.88. The van der Waals surface area contributed by atoms with Gasteiger partial charge in [-0.1, -0.05) is 12.1 Å². The number of nitrogens with one attached hydrogen (secondary N) is 1. The third kappa shape index (κ3) is 3.62. The lowest BCUT2D eigenvalue weighted by Crippen LogP contribution is -2.30. The number of nitrogens with zero attached hydrogens (tertiary/aromatic N) is 1. The molecule has 0 aliphatic carbocycles. The summed E-state index contributed by atoms with van der Waals surface area (Å²) in [6, 6.07) is 8.41. The fraction of sp³-hybridized carbons (Fsp3) is 0.200. The number of imide groups is 1. The average molecular weight is 386 g/mol. The van der Waals surface area contributed by atoms with Gasteiger partial charge in [0.15, 0.2) is 11.5 Å². The molecule has 1 fully saturated rings. The lowest BCUT2D eigenvalue weighted by molar-refractivity contribution is -0.123. The largest absolute Gasteiger partial charge is 0.493 e. The number of carbonyl (C=O) groups is 2. The molecule has 0 radical (unpaired) electrons. The Morgan fingerprint density at radius 1 is 0.964 bits per heavy atom. The summed E-state index contributed by atoms with van der Waals surface area (Å²) in [4.78, 5) is 26.0. The summed E-state index contributed by atoms with van der Waals surface area (Å²) in [5.74, 6) is 0.335. The highest BCUT2D eigenvalue weighted by molar-refractivity contribution is 6.14. The van der Waals surface area contributed by atoms with E-state index in [1.54, 1.807) is 12.1 Å². The quantitative estimate of drug-likeness (QED) is 0.610. The van der Waals surface area contributed by atoms with Gasteiger partial charge in [0, 0.05) is 5.56 Å². The van der Waals surface area contributed by atoms with Crippen LogP contribution in [0.3, 0.4) is 0 Å². The van der Waals surface area contributed by atoms with Gasteiger partial charge in [0.1, 0.15) is 11.5 Å². The SMILES string of the molecule is COc1ccc(/C=C2/NC(=O)N(Cc3ccc(F)cc3)C2=O)c(OC)c1OC. The van der Waals surface area contributed by atoms with Crippen molar-refractivity contribution in [2.45, 2.75) is 6.54 Å². The Labute approximate surface area is 161 Å². The number of ether oxygens (including phenoxy) is 3. The number of halogens is 1. The van der Waals surface area contributed by atoms with Gasteiger partial charge in [-0.05, 0) is 35.9 Å². The van der Waals surface area contributed by atoms with Crippen molar-refractivity contribution in [2.75, 3.05) is 21.3 Å². The van der Waals surface area contributed by atoms with Crippen molar-refractivity contribution in [1.82, 2.24) is 10.2 Å². The zero-order valence-electron chi connectivity index (χ0n) is 15.6. The number of benzene rings is 2. The third-order valence-electron chi connectivity index (χ3n) is 4.25. The van der Waals surface area contributed by atoms with Gasteiger partial charge >= 0.3 is 6.03 Å². The van der Waals surface area contributed by atoms with Crippen molar-refractivity contribution < 1.29 is 28.2 Å². The van der Waals surface area contributed by atoms with E-state index in [4.69, 9.17) is 14.2 Å². The summed E-state index contributed by atoms with van der Waals surface area (Å²) < 4.78 is 29.0. The molecule has 0 spiro atoms. The minimum Gasteiger partial charge on any atom is -0.493 e. The predicted octanol–water partition coefficient (Wildman–Crippen LogP) is 2.94. The first-order valence-corrected chi connectivity index (χ1v) is 8.36. The highest BCUT2D eigenvalue weighted by atomic mass is 19.1. The van der Waals surface area contributed by atoms with E-state index in [1.165, 1.54) is 51.7 Å². The average Bonchev–Trinajstić information content (AvgIpc) is 2.96. The smallest absolute Gasteiger partial charge is 0.329 e. The Morgan fingerprint density at radius 2 is 1.64 bits per heavy atom. The van der Waals surface area contributed by atoms with Gasteiger partial charge in [0.05, 0.1) is 27.9 Å². The Kier molecular flexibility index (Phi) is 5.49. The van der Waals surface area contributed by atoms with Gasteiger partial charge in [0.2, 0.25) is 5.75 Å². The Hall–Kier alpha value is -3.55. The minimum absolute atomic E-state index is 0.0331. The monoisotopic (exact) mass is 386 g/mol. The van der Waals surface area contributed by atoms with E-state index in [9.17, 15) is 14.0 Å². The lowest BCUT2D eigenvalue weighted by atomic mass is 10.1. The maximum absolute atomic E-state index is 13.0. The number of carbonyl (C=O) groups excluding carboxylic acids is 2. The van der Waals surface area contributed by atoms with E-state index in [0.717, 1.165) is 4.90 Å². The molecule has 7 nitrogen and oxygen atoms in total. The van der Waals surface area contributed by atoms with E-state index in [0.29, 0.717) is 28.4 Å². The van der Waals surface area contributed by atoms with Crippen LogP contribution in [0, 0.1) is 5.82 Å². The molecule has 3 rings (SSSR count). The first-order chi connectivity index (χ1) is 13.5. The van der Waals surface area contributed by atoms with Gasteiger partial charge in [-0.3, -0.25) is 9.69 Å². The number of hydrogen-bond acceptors (Lipinski definition) is 5. The number of urea groups is 1. The second-order valence-electron chi connectivity index (χ2n) is 5.93. The molecule has 8 heteroatoms. The Bertz CT molecular complexity index is 940. The van der Waals surface area contributed by atoms with Crippen molar-refractivity contribution in [1.29, 1.82) is 0 Å². The zero-order valence-corrected chi connectivity index (χ0v) is 15.6. The van der Waals surface area contributed by atoms with Crippen LogP contribution in [0.5, 0.6) is 17.2 Å². The third-order valence-corrected chi connectivity index (χ3v) is 4.25. The first kappa shape index (κ1) is 19.2. The summed E-state index contributed by atoms with van der Waals surface area (Å²) in [6.45, 7) is 0.0331. The van der Waals surface area contributed by atoms with E-state index in [1.807, 2.05) is 0 Å². The summed E-state index contributed by atoms with van der Waals surface area (Å²) in [6.07, 6.45) is 1.51. The maximum atomic E-state index is 13.0. The molecule has 1 saturated heterocycles. The number of rotatable bonds is 6. The molecule has 146 valence electrons. The van der Waals surface area contributed by atoms with Gasteiger partial charge in [-0.15, -0.1) is 0 Å². The molecule has 0 aromatic heterocycles. The Balaban J connectivity index is 1.90. The molecular weight excluding hydrogens is 367 g/mol. The molecule has 2 aromatic rings. The molecule has 1 aliphatic rings. The van der Waals surface area contributed by atoms with Crippen molar-refractivity contribution in [3.05, 3.63) is 59.0 Å². The molecule has 0 bridgehead atoms. The fourth-order valence-electron chi connectivity index (χ4n) is 2.88. The molecule has 0 atom stereocenters. The standard InChI is InChI=1S/C20H19FN2O5/c1-26-16-9-6-13(17(27-2)18(16)28-3)10-15-19(24)23(20(25)22-15)11-12-4-7-14(21)8-5-12/h4-10H,11H2,1-3H3,(H,22,25)/b15-10+. The molecule has 1 N–H and O–H groups in total. The van der Waals surface area contributed by atoms with Crippen LogP contribution in [0.25, 0.3) is 6.08 Å². The molecular formula is C20H19FN2O5. The van der Waals surface area contributed by atoms with Gasteiger partial charge in [-0.2, -0.15) is 0 Å². The normalized spacial score (nSPS) is 15.0. The summed E-state index contributed by atoms with van der Waals surface area (Å²) in [5, 5.41) is 2.55. The van der Waals surface area contributed by atoms with Crippen LogP contribution in [0.15, 0.2) is 42.1 Å². The summed E-state index contributed by atoms with van der Waals surface area (Å²) in [5.41, 5.74) is 1.26. The van der Waals surface area contributed by atoms with Crippen LogP contribution in [0.4, 0.5) is 9.18 Å². The minimum atomic E-state index is -0.556. The molecule has 28 heavy (non-hydrogen) atoms. The van der Waals surface area contributed by atoms with E-state index in [-0.39, 0.29) is 18.1 Å². The molecule has 0 saturated carbocycles. The van der Waals surface area contributed by atoms with Crippen molar-refractivity contribution >= 4 is 18.0 Å². The van der Waals surface area contributed by atoms with Gasteiger partial charge in [0.25, 0.3) is 5.91 Å². The number of amides is 3. The van der Waals surface area contributed by atoms with E-state index >= 15 is 0 Å². The van der Waals surface area contributed by atoms with Gasteiger partial charge < -0.3 is 19.5 Å². The van der Waals surface area contributed by atoms with Crippen LogP contribution in [0.2, 0.25) is 0 Å². The molecule has 2 aromatic carbocycles. The van der Waals surface area contributed by atoms with Crippen molar-refractivity contribution in [3.63, 3.8) is 0 Å². The lowest BCUT2D eigenvalue weighted by Gasteiger charge is -2.14. The topological polar surface area (TPSA) is 77.1 Å². The second kappa shape index (κ2) is 7.99. The second-order valence-corrected chi connectivity index (χ2v) is 5.93. The first-order valence-electron chi connectivity index (χ1n) is 8.36. The summed E-state index contributed by atoms with van der Waals surface area (Å²) in [7, 11) is 4.45. The van der Waals surface area contributed by atoms with Gasteiger partial charge in [-0.25, -0.2) is 9.18 Å². The number of hydrogen-bond donors (Lipinski definition) is 1. The Morgan fingerprint density at radius 3 is 2.25 bits per heavy atom. The highest BCUT2D eigenvalue weighted by Crippen LogP contribution is 2.40. The predicted molar refractivity (Wildman–Crippen MR) is 99.6 cm³/mol. The van der Waals surface area contributed by atoms with Crippen LogP contribution in [-0.2, 0) is 11.3 Å².